The van der Waals surface area contributed by atoms with Crippen LogP contribution in [0.4, 0.5) is 0 Å². The molecule has 15 heavy (non-hydrogen) atoms. The van der Waals surface area contributed by atoms with E-state index in [1.165, 1.54) is 32.1 Å². The quantitative estimate of drug-likeness (QED) is 0.711. The normalized spacial score (nSPS) is 19.9. The van der Waals surface area contributed by atoms with Crippen molar-refractivity contribution < 1.29 is 9.53 Å². The zero-order valence-electron chi connectivity index (χ0n) is 9.71. The Morgan fingerprint density at radius 1 is 1.40 bits per heavy atom. The van der Waals surface area contributed by atoms with Gasteiger partial charge in [0.1, 0.15) is 0 Å². The topological polar surface area (TPSA) is 52.3 Å². The Morgan fingerprint density at radius 2 is 2.07 bits per heavy atom. The third kappa shape index (κ3) is 5.17. The van der Waals surface area contributed by atoms with E-state index >= 15 is 0 Å². The first-order valence-electron chi connectivity index (χ1n) is 6.08. The standard InChI is InChI=1S/C12H23NO2/c1-10(8-13)7-12(14)15-9-11-5-3-2-4-6-11/h10-11H,2-9,13H2,1H3. The molecule has 0 spiro atoms. The third-order valence-corrected chi connectivity index (χ3v) is 3.12. The zero-order chi connectivity index (χ0) is 11.1. The molecule has 0 bridgehead atoms. The van der Waals surface area contributed by atoms with Crippen molar-refractivity contribution >= 4 is 5.97 Å². The monoisotopic (exact) mass is 213 g/mol. The van der Waals surface area contributed by atoms with Gasteiger partial charge in [-0.1, -0.05) is 26.2 Å². The maximum atomic E-state index is 11.4. The molecule has 1 atom stereocenters. The van der Waals surface area contributed by atoms with Gasteiger partial charge in [-0.05, 0) is 31.2 Å². The number of hydrogen-bond donors (Lipinski definition) is 1. The average Bonchev–Trinajstić information content (AvgIpc) is 2.27. The SMILES string of the molecule is CC(CN)CC(=O)OCC1CCCCC1. The fourth-order valence-electron chi connectivity index (χ4n) is 1.99. The molecule has 0 amide bonds. The van der Waals surface area contributed by atoms with Gasteiger partial charge in [-0.15, -0.1) is 0 Å². The van der Waals surface area contributed by atoms with Crippen LogP contribution in [0.5, 0.6) is 0 Å². The molecule has 3 nitrogen and oxygen atoms in total. The van der Waals surface area contributed by atoms with Gasteiger partial charge in [0.2, 0.25) is 0 Å². The first-order chi connectivity index (χ1) is 7.22. The van der Waals surface area contributed by atoms with Crippen molar-refractivity contribution in [1.29, 1.82) is 0 Å². The van der Waals surface area contributed by atoms with E-state index in [9.17, 15) is 4.79 Å². The van der Waals surface area contributed by atoms with Gasteiger partial charge in [-0.3, -0.25) is 4.79 Å². The molecule has 2 N–H and O–H groups in total. The molecular formula is C12H23NO2. The molecule has 0 heterocycles. The van der Waals surface area contributed by atoms with Crippen molar-refractivity contribution in [2.75, 3.05) is 13.2 Å². The molecule has 0 aliphatic heterocycles. The summed E-state index contributed by atoms with van der Waals surface area (Å²) in [6.45, 7) is 3.15. The highest BCUT2D eigenvalue weighted by Crippen LogP contribution is 2.23. The molecule has 0 aromatic carbocycles. The van der Waals surface area contributed by atoms with E-state index in [0.29, 0.717) is 25.5 Å². The van der Waals surface area contributed by atoms with Gasteiger partial charge in [-0.25, -0.2) is 0 Å². The minimum Gasteiger partial charge on any atom is -0.465 e. The molecule has 1 fully saturated rings. The lowest BCUT2D eigenvalue weighted by Gasteiger charge is -2.21. The van der Waals surface area contributed by atoms with E-state index in [2.05, 4.69) is 0 Å². The van der Waals surface area contributed by atoms with Crippen molar-refractivity contribution in [2.24, 2.45) is 17.6 Å². The summed E-state index contributed by atoms with van der Waals surface area (Å²) in [6.07, 6.45) is 6.83. The molecule has 1 unspecified atom stereocenters. The summed E-state index contributed by atoms with van der Waals surface area (Å²) in [4.78, 5) is 11.4. The van der Waals surface area contributed by atoms with Crippen LogP contribution in [0.2, 0.25) is 0 Å². The lowest BCUT2D eigenvalue weighted by Crippen LogP contribution is -2.20. The van der Waals surface area contributed by atoms with E-state index in [1.54, 1.807) is 0 Å². The molecule has 3 heteroatoms. The molecule has 0 aromatic heterocycles. The van der Waals surface area contributed by atoms with E-state index < -0.39 is 0 Å². The Hall–Kier alpha value is -0.570. The molecule has 88 valence electrons. The molecule has 0 aromatic rings. The molecule has 1 aliphatic rings. The number of carbonyl (C=O) groups excluding carboxylic acids is 1. The van der Waals surface area contributed by atoms with Crippen LogP contribution >= 0.6 is 0 Å². The van der Waals surface area contributed by atoms with Crippen LogP contribution in [-0.4, -0.2) is 19.1 Å². The van der Waals surface area contributed by atoms with Gasteiger partial charge in [0, 0.05) is 6.42 Å². The summed E-state index contributed by atoms with van der Waals surface area (Å²) in [5.41, 5.74) is 5.45. The largest absolute Gasteiger partial charge is 0.465 e. The molecule has 0 saturated heterocycles. The van der Waals surface area contributed by atoms with Crippen LogP contribution < -0.4 is 5.73 Å². The van der Waals surface area contributed by atoms with Crippen LogP contribution in [0.25, 0.3) is 0 Å². The number of nitrogens with two attached hydrogens (primary N) is 1. The number of carbonyl (C=O) groups is 1. The first kappa shape index (κ1) is 12.5. The smallest absolute Gasteiger partial charge is 0.306 e. The summed E-state index contributed by atoms with van der Waals surface area (Å²) in [6, 6.07) is 0. The molecule has 1 saturated carbocycles. The van der Waals surface area contributed by atoms with E-state index in [1.807, 2.05) is 6.92 Å². The Labute approximate surface area is 92.4 Å². The highest BCUT2D eigenvalue weighted by atomic mass is 16.5. The molecule has 1 rings (SSSR count). The summed E-state index contributed by atoms with van der Waals surface area (Å²) in [7, 11) is 0. The van der Waals surface area contributed by atoms with Gasteiger partial charge < -0.3 is 10.5 Å². The van der Waals surface area contributed by atoms with E-state index in [-0.39, 0.29) is 11.9 Å². The minimum atomic E-state index is -0.0847. The number of rotatable bonds is 5. The highest BCUT2D eigenvalue weighted by Gasteiger charge is 2.16. The Bertz CT molecular complexity index is 188. The van der Waals surface area contributed by atoms with Gasteiger partial charge in [0.25, 0.3) is 0 Å². The molecule has 0 radical (unpaired) electrons. The van der Waals surface area contributed by atoms with Gasteiger partial charge in [0.05, 0.1) is 6.61 Å². The second-order valence-corrected chi connectivity index (χ2v) is 4.73. The van der Waals surface area contributed by atoms with E-state index in [0.717, 1.165) is 0 Å². The summed E-state index contributed by atoms with van der Waals surface area (Å²) in [5, 5.41) is 0. The zero-order valence-corrected chi connectivity index (χ0v) is 9.71. The number of ether oxygens (including phenoxy) is 1. The minimum absolute atomic E-state index is 0.0847. The second kappa shape index (κ2) is 6.83. The second-order valence-electron chi connectivity index (χ2n) is 4.73. The van der Waals surface area contributed by atoms with Gasteiger partial charge >= 0.3 is 5.97 Å². The summed E-state index contributed by atoms with van der Waals surface area (Å²) < 4.78 is 5.26. The van der Waals surface area contributed by atoms with Gasteiger partial charge in [-0.2, -0.15) is 0 Å². The van der Waals surface area contributed by atoms with Crippen molar-refractivity contribution in [1.82, 2.24) is 0 Å². The maximum absolute atomic E-state index is 11.4. The van der Waals surface area contributed by atoms with Gasteiger partial charge in [0.15, 0.2) is 0 Å². The number of esters is 1. The third-order valence-electron chi connectivity index (χ3n) is 3.12. The number of hydrogen-bond acceptors (Lipinski definition) is 3. The van der Waals surface area contributed by atoms with Crippen LogP contribution in [-0.2, 0) is 9.53 Å². The average molecular weight is 213 g/mol. The van der Waals surface area contributed by atoms with Crippen LogP contribution in [0.1, 0.15) is 45.4 Å². The fraction of sp³-hybridized carbons (Fsp3) is 0.917. The fourth-order valence-corrected chi connectivity index (χ4v) is 1.99. The lowest BCUT2D eigenvalue weighted by atomic mass is 9.90. The lowest BCUT2D eigenvalue weighted by molar-refractivity contribution is -0.146. The Morgan fingerprint density at radius 3 is 2.67 bits per heavy atom. The van der Waals surface area contributed by atoms with Crippen molar-refractivity contribution in [3.8, 4) is 0 Å². The Balaban J connectivity index is 2.10. The molecular weight excluding hydrogens is 190 g/mol. The summed E-state index contributed by atoms with van der Waals surface area (Å²) in [5.74, 6) is 0.762. The van der Waals surface area contributed by atoms with Crippen molar-refractivity contribution in [3.63, 3.8) is 0 Å². The predicted octanol–water partition coefficient (Wildman–Crippen LogP) is 2.09. The Kier molecular flexibility index (Phi) is 5.69. The maximum Gasteiger partial charge on any atom is 0.306 e. The predicted molar refractivity (Wildman–Crippen MR) is 60.4 cm³/mol. The van der Waals surface area contributed by atoms with Crippen LogP contribution in [0.15, 0.2) is 0 Å². The van der Waals surface area contributed by atoms with Crippen LogP contribution in [0, 0.1) is 11.8 Å². The summed E-state index contributed by atoms with van der Waals surface area (Å²) >= 11 is 0. The van der Waals surface area contributed by atoms with Crippen molar-refractivity contribution in [3.05, 3.63) is 0 Å². The molecule has 1 aliphatic carbocycles. The first-order valence-corrected chi connectivity index (χ1v) is 6.08. The van der Waals surface area contributed by atoms with E-state index in [4.69, 9.17) is 10.5 Å². The van der Waals surface area contributed by atoms with Crippen molar-refractivity contribution in [2.45, 2.75) is 45.4 Å². The highest BCUT2D eigenvalue weighted by molar-refractivity contribution is 5.69. The van der Waals surface area contributed by atoms with Crippen LogP contribution in [0.3, 0.4) is 0 Å².